The minimum absolute atomic E-state index is 0.0357. The van der Waals surface area contributed by atoms with Crippen LogP contribution < -0.4 is 19.5 Å². The zero-order chi connectivity index (χ0) is 23.1. The number of ketones is 1. The highest BCUT2D eigenvalue weighted by Gasteiger charge is 2.40. The maximum absolute atomic E-state index is 13.6. The van der Waals surface area contributed by atoms with E-state index in [2.05, 4.69) is 15.4 Å². The van der Waals surface area contributed by atoms with Gasteiger partial charge in [-0.3, -0.25) is 4.79 Å². The van der Waals surface area contributed by atoms with Crippen molar-refractivity contribution < 1.29 is 19.0 Å². The SMILES string of the molecule is COc1cc([C@@H]2CC(=O)C3=C(C2)Nc2ncnn2[C@@H]3c2ccccc2Cl)cc(OC)c1OC. The standard InChI is InChI=1S/C24H23ClN4O4/c1-31-19-10-14(11-20(32-2)23(19)33-3)13-8-17-21(18(30)9-13)22(15-6-4-5-7-16(15)25)29-24(28-17)26-12-27-29/h4-7,10-13,22H,8-9H2,1-3H3,(H,26,27,28)/t13-,22+/m0/s1. The van der Waals surface area contributed by atoms with Crippen molar-refractivity contribution in [1.29, 1.82) is 0 Å². The van der Waals surface area contributed by atoms with Crippen LogP contribution in [0, 0.1) is 0 Å². The first-order chi connectivity index (χ1) is 16.0. The van der Waals surface area contributed by atoms with E-state index in [1.807, 2.05) is 36.4 Å². The molecular weight excluding hydrogens is 444 g/mol. The molecule has 0 fully saturated rings. The molecule has 0 unspecified atom stereocenters. The van der Waals surface area contributed by atoms with Gasteiger partial charge < -0.3 is 19.5 Å². The molecular formula is C24H23ClN4O4. The number of aromatic nitrogens is 3. The molecule has 2 heterocycles. The molecule has 5 rings (SSSR count). The van der Waals surface area contributed by atoms with Crippen LogP contribution in [0.25, 0.3) is 0 Å². The zero-order valence-corrected chi connectivity index (χ0v) is 19.2. The smallest absolute Gasteiger partial charge is 0.226 e. The van der Waals surface area contributed by atoms with Crippen LogP contribution >= 0.6 is 11.6 Å². The van der Waals surface area contributed by atoms with Gasteiger partial charge in [0, 0.05) is 28.3 Å². The second kappa shape index (κ2) is 8.44. The lowest BCUT2D eigenvalue weighted by atomic mass is 9.77. The van der Waals surface area contributed by atoms with Crippen molar-refractivity contribution in [1.82, 2.24) is 14.8 Å². The van der Waals surface area contributed by atoms with Gasteiger partial charge in [-0.15, -0.1) is 0 Å². The number of fused-ring (bicyclic) bond motifs is 1. The van der Waals surface area contributed by atoms with Crippen LogP contribution in [0.5, 0.6) is 17.2 Å². The van der Waals surface area contributed by atoms with Crippen molar-refractivity contribution in [3.05, 3.63) is 70.1 Å². The van der Waals surface area contributed by atoms with Crippen molar-refractivity contribution in [2.24, 2.45) is 0 Å². The molecule has 0 saturated carbocycles. The van der Waals surface area contributed by atoms with Gasteiger partial charge in [-0.2, -0.15) is 10.1 Å². The van der Waals surface area contributed by atoms with Gasteiger partial charge in [0.15, 0.2) is 17.3 Å². The normalized spacial score (nSPS) is 19.5. The second-order valence-corrected chi connectivity index (χ2v) is 8.36. The van der Waals surface area contributed by atoms with Crippen LogP contribution in [0.1, 0.15) is 35.9 Å². The van der Waals surface area contributed by atoms with Crippen molar-refractivity contribution in [2.45, 2.75) is 24.8 Å². The number of benzene rings is 2. The lowest BCUT2D eigenvalue weighted by Crippen LogP contribution is -2.33. The van der Waals surface area contributed by atoms with Crippen molar-refractivity contribution in [3.63, 3.8) is 0 Å². The number of nitrogens with zero attached hydrogens (tertiary/aromatic N) is 3. The number of hydrogen-bond acceptors (Lipinski definition) is 7. The third kappa shape index (κ3) is 3.51. The molecule has 1 aliphatic heterocycles. The summed E-state index contributed by atoms with van der Waals surface area (Å²) in [6.07, 6.45) is 2.43. The van der Waals surface area contributed by atoms with E-state index in [-0.39, 0.29) is 11.7 Å². The molecule has 2 aliphatic rings. The van der Waals surface area contributed by atoms with Gasteiger partial charge in [-0.1, -0.05) is 29.8 Å². The van der Waals surface area contributed by atoms with Gasteiger partial charge in [0.1, 0.15) is 12.4 Å². The highest BCUT2D eigenvalue weighted by Crippen LogP contribution is 2.47. The van der Waals surface area contributed by atoms with E-state index >= 15 is 0 Å². The lowest BCUT2D eigenvalue weighted by Gasteiger charge is -2.35. The van der Waals surface area contributed by atoms with Crippen molar-refractivity contribution in [2.75, 3.05) is 26.6 Å². The lowest BCUT2D eigenvalue weighted by molar-refractivity contribution is -0.116. The molecule has 1 aromatic heterocycles. The molecule has 3 aromatic rings. The number of ether oxygens (including phenoxy) is 3. The molecule has 0 bridgehead atoms. The van der Waals surface area contributed by atoms with Gasteiger partial charge >= 0.3 is 0 Å². The molecule has 33 heavy (non-hydrogen) atoms. The molecule has 0 amide bonds. The number of carbonyl (C=O) groups is 1. The number of carbonyl (C=O) groups excluding carboxylic acids is 1. The van der Waals surface area contributed by atoms with Crippen LogP contribution in [0.2, 0.25) is 5.02 Å². The molecule has 1 aliphatic carbocycles. The number of Topliss-reactive ketones (excluding diaryl/α,β-unsaturated/α-hetero) is 1. The molecule has 0 radical (unpaired) electrons. The van der Waals surface area contributed by atoms with E-state index in [1.165, 1.54) is 6.33 Å². The molecule has 1 N–H and O–H groups in total. The number of nitrogens with one attached hydrogen (secondary N) is 1. The van der Waals surface area contributed by atoms with Crippen LogP contribution in [0.15, 0.2) is 54.0 Å². The molecule has 0 saturated heterocycles. The van der Waals surface area contributed by atoms with E-state index in [0.29, 0.717) is 46.6 Å². The summed E-state index contributed by atoms with van der Waals surface area (Å²) in [7, 11) is 4.73. The third-order valence-electron chi connectivity index (χ3n) is 6.22. The summed E-state index contributed by atoms with van der Waals surface area (Å²) in [5.74, 6) is 2.19. The summed E-state index contributed by atoms with van der Waals surface area (Å²) in [5, 5.41) is 8.28. The Kier molecular flexibility index (Phi) is 5.46. The molecule has 8 nitrogen and oxygen atoms in total. The highest BCUT2D eigenvalue weighted by atomic mass is 35.5. The van der Waals surface area contributed by atoms with E-state index in [4.69, 9.17) is 25.8 Å². The number of allylic oxidation sites excluding steroid dienone is 2. The van der Waals surface area contributed by atoms with E-state index < -0.39 is 6.04 Å². The van der Waals surface area contributed by atoms with Gasteiger partial charge in [0.25, 0.3) is 0 Å². The predicted molar refractivity (Wildman–Crippen MR) is 123 cm³/mol. The average Bonchev–Trinajstić information content (AvgIpc) is 3.30. The summed E-state index contributed by atoms with van der Waals surface area (Å²) < 4.78 is 18.2. The fourth-order valence-corrected chi connectivity index (χ4v) is 4.95. The fourth-order valence-electron chi connectivity index (χ4n) is 4.71. The highest BCUT2D eigenvalue weighted by molar-refractivity contribution is 6.31. The van der Waals surface area contributed by atoms with E-state index in [0.717, 1.165) is 16.8 Å². The van der Waals surface area contributed by atoms with E-state index in [1.54, 1.807) is 26.0 Å². The van der Waals surface area contributed by atoms with Gasteiger partial charge in [0.2, 0.25) is 11.7 Å². The molecule has 0 spiro atoms. The first-order valence-electron chi connectivity index (χ1n) is 10.5. The Morgan fingerprint density at radius 1 is 1.06 bits per heavy atom. The number of halogens is 1. The third-order valence-corrected chi connectivity index (χ3v) is 6.56. The first kappa shape index (κ1) is 21.3. The summed E-state index contributed by atoms with van der Waals surface area (Å²) in [6, 6.07) is 10.9. The van der Waals surface area contributed by atoms with Crippen LogP contribution in [-0.2, 0) is 4.79 Å². The Morgan fingerprint density at radius 2 is 1.79 bits per heavy atom. The quantitative estimate of drug-likeness (QED) is 0.597. The Bertz CT molecular complexity index is 1240. The fraction of sp³-hybridized carbons (Fsp3) is 0.292. The largest absolute Gasteiger partial charge is 0.493 e. The Balaban J connectivity index is 1.59. The van der Waals surface area contributed by atoms with Gasteiger partial charge in [-0.25, -0.2) is 4.68 Å². The topological polar surface area (TPSA) is 87.5 Å². The molecule has 9 heteroatoms. The molecule has 2 aromatic carbocycles. The Labute approximate surface area is 196 Å². The summed E-state index contributed by atoms with van der Waals surface area (Å²) in [5.41, 5.74) is 3.26. The average molecular weight is 467 g/mol. The number of rotatable bonds is 5. The van der Waals surface area contributed by atoms with Crippen LogP contribution in [0.3, 0.4) is 0 Å². The maximum Gasteiger partial charge on any atom is 0.226 e. The Hall–Kier alpha value is -3.52. The monoisotopic (exact) mass is 466 g/mol. The molecule has 170 valence electrons. The summed E-state index contributed by atoms with van der Waals surface area (Å²) in [6.45, 7) is 0. The number of methoxy groups -OCH3 is 3. The molecule has 2 atom stereocenters. The zero-order valence-electron chi connectivity index (χ0n) is 18.5. The minimum atomic E-state index is -0.430. The second-order valence-electron chi connectivity index (χ2n) is 7.96. The van der Waals surface area contributed by atoms with Crippen molar-refractivity contribution >= 4 is 23.3 Å². The first-order valence-corrected chi connectivity index (χ1v) is 10.9. The van der Waals surface area contributed by atoms with Gasteiger partial charge in [-0.05, 0) is 36.1 Å². The van der Waals surface area contributed by atoms with E-state index in [9.17, 15) is 4.79 Å². The van der Waals surface area contributed by atoms with Crippen LogP contribution in [-0.4, -0.2) is 41.9 Å². The predicted octanol–water partition coefficient (Wildman–Crippen LogP) is 4.37. The minimum Gasteiger partial charge on any atom is -0.493 e. The summed E-state index contributed by atoms with van der Waals surface area (Å²) >= 11 is 6.53. The van der Waals surface area contributed by atoms with Crippen LogP contribution in [0.4, 0.5) is 5.95 Å². The maximum atomic E-state index is 13.6. The number of hydrogen-bond donors (Lipinski definition) is 1. The van der Waals surface area contributed by atoms with Crippen molar-refractivity contribution in [3.8, 4) is 17.2 Å². The number of anilines is 1. The Morgan fingerprint density at radius 3 is 2.45 bits per heavy atom. The van der Waals surface area contributed by atoms with Gasteiger partial charge in [0.05, 0.1) is 21.3 Å². The summed E-state index contributed by atoms with van der Waals surface area (Å²) in [4.78, 5) is 17.9.